The van der Waals surface area contributed by atoms with Crippen molar-refractivity contribution >= 4 is 11.8 Å². The standard InChI is InChI=1S/C19H29N3O3/c23-17(15-3-1-4-15)22-12-19(13-22)11-21(9-14-5-6-14)16(10-25-19)18(24)20-7-2-8-20/h14-16H,1-13H2/t16-/m1/s1. The number of carbonyl (C=O) groups is 2. The van der Waals surface area contributed by atoms with Gasteiger partial charge in [-0.1, -0.05) is 6.42 Å². The van der Waals surface area contributed by atoms with E-state index in [0.717, 1.165) is 51.4 Å². The van der Waals surface area contributed by atoms with Crippen molar-refractivity contribution in [2.45, 2.75) is 50.2 Å². The molecule has 2 saturated carbocycles. The van der Waals surface area contributed by atoms with Crippen LogP contribution < -0.4 is 0 Å². The zero-order valence-corrected chi connectivity index (χ0v) is 15.0. The van der Waals surface area contributed by atoms with Crippen molar-refractivity contribution in [2.75, 3.05) is 45.9 Å². The van der Waals surface area contributed by atoms with Gasteiger partial charge < -0.3 is 14.5 Å². The molecular weight excluding hydrogens is 318 g/mol. The summed E-state index contributed by atoms with van der Waals surface area (Å²) in [7, 11) is 0. The van der Waals surface area contributed by atoms with Gasteiger partial charge in [0.1, 0.15) is 11.6 Å². The lowest BCUT2D eigenvalue weighted by Gasteiger charge is -2.56. The molecule has 0 aromatic carbocycles. The number of rotatable bonds is 4. The Morgan fingerprint density at radius 1 is 0.920 bits per heavy atom. The van der Waals surface area contributed by atoms with Gasteiger partial charge in [0.15, 0.2) is 0 Å². The Hall–Kier alpha value is -1.14. The van der Waals surface area contributed by atoms with Gasteiger partial charge in [0.05, 0.1) is 19.7 Å². The summed E-state index contributed by atoms with van der Waals surface area (Å²) in [6.07, 6.45) is 7.03. The van der Waals surface area contributed by atoms with Crippen molar-refractivity contribution in [3.05, 3.63) is 0 Å². The van der Waals surface area contributed by atoms with E-state index in [1.165, 1.54) is 19.3 Å². The topological polar surface area (TPSA) is 53.1 Å². The van der Waals surface area contributed by atoms with Crippen LogP contribution in [0.3, 0.4) is 0 Å². The van der Waals surface area contributed by atoms with E-state index in [1.54, 1.807) is 0 Å². The van der Waals surface area contributed by atoms with Gasteiger partial charge in [-0.25, -0.2) is 0 Å². The SMILES string of the molecule is O=C(C1CCC1)N1CC2(C1)CN(CC1CC1)[C@@H](C(=O)N1CCC1)CO2. The number of carbonyl (C=O) groups excluding carboxylic acids is 2. The van der Waals surface area contributed by atoms with Gasteiger partial charge in [-0.15, -0.1) is 0 Å². The molecule has 0 aromatic rings. The van der Waals surface area contributed by atoms with Gasteiger partial charge in [0.25, 0.3) is 0 Å². The Kier molecular flexibility index (Phi) is 3.82. The van der Waals surface area contributed by atoms with Gasteiger partial charge in [0.2, 0.25) is 11.8 Å². The average Bonchev–Trinajstić information content (AvgIpc) is 3.24. The normalized spacial score (nSPS) is 32.1. The molecule has 3 aliphatic heterocycles. The fraction of sp³-hybridized carbons (Fsp3) is 0.895. The molecular formula is C19H29N3O3. The summed E-state index contributed by atoms with van der Waals surface area (Å²) in [5.41, 5.74) is -0.222. The lowest BCUT2D eigenvalue weighted by molar-refractivity contribution is -0.210. The fourth-order valence-corrected chi connectivity index (χ4v) is 4.60. The zero-order chi connectivity index (χ0) is 17.0. The van der Waals surface area contributed by atoms with Gasteiger partial charge in [-0.05, 0) is 38.0 Å². The second kappa shape index (κ2) is 5.95. The molecule has 0 radical (unpaired) electrons. The maximum atomic E-state index is 12.8. The maximum Gasteiger partial charge on any atom is 0.242 e. The fourth-order valence-electron chi connectivity index (χ4n) is 4.60. The van der Waals surface area contributed by atoms with E-state index < -0.39 is 0 Å². The van der Waals surface area contributed by atoms with Crippen LogP contribution >= 0.6 is 0 Å². The van der Waals surface area contributed by atoms with E-state index in [2.05, 4.69) is 4.90 Å². The molecule has 2 amide bonds. The molecule has 6 heteroatoms. The first-order valence-corrected chi connectivity index (χ1v) is 10.1. The maximum absolute atomic E-state index is 12.8. The lowest BCUT2D eigenvalue weighted by atomic mass is 9.81. The predicted molar refractivity (Wildman–Crippen MR) is 91.9 cm³/mol. The monoisotopic (exact) mass is 347 g/mol. The second-order valence-electron chi connectivity index (χ2n) is 8.88. The van der Waals surface area contributed by atoms with Crippen molar-refractivity contribution in [3.63, 3.8) is 0 Å². The smallest absolute Gasteiger partial charge is 0.242 e. The van der Waals surface area contributed by atoms with E-state index >= 15 is 0 Å². The third kappa shape index (κ3) is 2.87. The van der Waals surface area contributed by atoms with Crippen LogP contribution in [0.2, 0.25) is 0 Å². The highest BCUT2D eigenvalue weighted by Crippen LogP contribution is 2.38. The summed E-state index contributed by atoms with van der Waals surface area (Å²) in [6.45, 7) is 5.56. The molecule has 1 atom stereocenters. The van der Waals surface area contributed by atoms with Crippen LogP contribution in [0, 0.1) is 11.8 Å². The molecule has 0 unspecified atom stereocenters. The highest BCUT2D eigenvalue weighted by molar-refractivity contribution is 5.83. The van der Waals surface area contributed by atoms with Crippen LogP contribution in [0.5, 0.6) is 0 Å². The highest BCUT2D eigenvalue weighted by Gasteiger charge is 2.53. The van der Waals surface area contributed by atoms with Crippen molar-refractivity contribution in [3.8, 4) is 0 Å². The highest BCUT2D eigenvalue weighted by atomic mass is 16.5. The summed E-state index contributed by atoms with van der Waals surface area (Å²) in [5.74, 6) is 1.61. The van der Waals surface area contributed by atoms with Crippen LogP contribution in [0.1, 0.15) is 38.5 Å². The van der Waals surface area contributed by atoms with Gasteiger partial charge in [-0.2, -0.15) is 0 Å². The van der Waals surface area contributed by atoms with E-state index in [-0.39, 0.29) is 23.5 Å². The number of likely N-dealkylation sites (tertiary alicyclic amines) is 2. The Bertz CT molecular complexity index is 562. The quantitative estimate of drug-likeness (QED) is 0.752. The largest absolute Gasteiger partial charge is 0.368 e. The van der Waals surface area contributed by atoms with Crippen molar-refractivity contribution in [1.29, 1.82) is 0 Å². The first-order chi connectivity index (χ1) is 12.1. The Morgan fingerprint density at radius 2 is 1.68 bits per heavy atom. The van der Waals surface area contributed by atoms with E-state index in [1.807, 2.05) is 9.80 Å². The van der Waals surface area contributed by atoms with E-state index in [4.69, 9.17) is 4.74 Å². The summed E-state index contributed by atoms with van der Waals surface area (Å²) in [4.78, 5) is 31.5. The molecule has 3 saturated heterocycles. The minimum absolute atomic E-state index is 0.108. The third-order valence-electron chi connectivity index (χ3n) is 6.85. The number of hydrogen-bond donors (Lipinski definition) is 0. The minimum atomic E-state index is -0.222. The predicted octanol–water partition coefficient (Wildman–Crippen LogP) is 0.711. The molecule has 0 N–H and O–H groups in total. The third-order valence-corrected chi connectivity index (χ3v) is 6.85. The summed E-state index contributed by atoms with van der Waals surface area (Å²) in [6, 6.07) is -0.108. The Labute approximate surface area is 149 Å². The number of nitrogens with zero attached hydrogens (tertiary/aromatic N) is 3. The van der Waals surface area contributed by atoms with Gasteiger partial charge in [0, 0.05) is 32.1 Å². The van der Waals surface area contributed by atoms with Gasteiger partial charge in [-0.3, -0.25) is 14.5 Å². The number of amides is 2. The second-order valence-corrected chi connectivity index (χ2v) is 8.88. The number of hydrogen-bond acceptors (Lipinski definition) is 4. The Morgan fingerprint density at radius 3 is 2.24 bits per heavy atom. The lowest BCUT2D eigenvalue weighted by Crippen LogP contribution is -2.74. The molecule has 0 aromatic heterocycles. The van der Waals surface area contributed by atoms with Crippen LogP contribution in [-0.4, -0.2) is 84.0 Å². The molecule has 25 heavy (non-hydrogen) atoms. The van der Waals surface area contributed by atoms with E-state index in [9.17, 15) is 9.59 Å². The van der Waals surface area contributed by atoms with Crippen LogP contribution in [0.4, 0.5) is 0 Å². The molecule has 1 spiro atoms. The summed E-state index contributed by atoms with van der Waals surface area (Å²) >= 11 is 0. The molecule has 3 heterocycles. The molecule has 0 bridgehead atoms. The molecule has 138 valence electrons. The number of ether oxygens (including phenoxy) is 1. The van der Waals surface area contributed by atoms with Crippen LogP contribution in [0.25, 0.3) is 0 Å². The average molecular weight is 347 g/mol. The molecule has 2 aliphatic carbocycles. The van der Waals surface area contributed by atoms with Crippen LogP contribution in [0.15, 0.2) is 0 Å². The van der Waals surface area contributed by atoms with Crippen LogP contribution in [-0.2, 0) is 14.3 Å². The van der Waals surface area contributed by atoms with E-state index in [0.29, 0.717) is 25.6 Å². The number of morpholine rings is 1. The molecule has 6 nitrogen and oxygen atoms in total. The summed E-state index contributed by atoms with van der Waals surface area (Å²) < 4.78 is 6.21. The zero-order valence-electron chi connectivity index (χ0n) is 15.0. The van der Waals surface area contributed by atoms with Crippen molar-refractivity contribution in [2.24, 2.45) is 11.8 Å². The summed E-state index contributed by atoms with van der Waals surface area (Å²) in [5, 5.41) is 0. The molecule has 5 fully saturated rings. The van der Waals surface area contributed by atoms with Crippen molar-refractivity contribution in [1.82, 2.24) is 14.7 Å². The molecule has 5 rings (SSSR count). The molecule has 5 aliphatic rings. The van der Waals surface area contributed by atoms with Crippen molar-refractivity contribution < 1.29 is 14.3 Å². The first-order valence-electron chi connectivity index (χ1n) is 10.1. The van der Waals surface area contributed by atoms with Gasteiger partial charge >= 0.3 is 0 Å². The first kappa shape index (κ1) is 16.1. The minimum Gasteiger partial charge on any atom is -0.368 e. The Balaban J connectivity index is 1.22.